The number of fused-ring (bicyclic) bond motifs is 1. The number of halogens is 2. The summed E-state index contributed by atoms with van der Waals surface area (Å²) in [6, 6.07) is 8.72. The van der Waals surface area contributed by atoms with E-state index in [1.54, 1.807) is 12.1 Å². The molecule has 0 radical (unpaired) electrons. The van der Waals surface area contributed by atoms with Crippen LogP contribution in [0, 0.1) is 5.82 Å². The van der Waals surface area contributed by atoms with Crippen LogP contribution >= 0.6 is 15.9 Å². The summed E-state index contributed by atoms with van der Waals surface area (Å²) in [5.41, 5.74) is 3.43. The third kappa shape index (κ3) is 3.09. The van der Waals surface area contributed by atoms with Gasteiger partial charge in [0.2, 0.25) is 6.79 Å². The molecule has 0 unspecified atom stereocenters. The number of nitrogens with zero attached hydrogens (tertiary/aromatic N) is 1. The van der Waals surface area contributed by atoms with E-state index in [-0.39, 0.29) is 6.79 Å². The van der Waals surface area contributed by atoms with Crippen molar-refractivity contribution in [3.63, 3.8) is 0 Å². The van der Waals surface area contributed by atoms with Gasteiger partial charge in [0.05, 0.1) is 6.21 Å². The van der Waals surface area contributed by atoms with Gasteiger partial charge in [0.1, 0.15) is 5.82 Å². The number of carbonyl (C=O) groups is 1. The molecule has 1 amide bonds. The Kier molecular flexibility index (Phi) is 4.06. The summed E-state index contributed by atoms with van der Waals surface area (Å²) in [5.74, 6) is 0.450. The van der Waals surface area contributed by atoms with Crippen molar-refractivity contribution in [3.05, 3.63) is 57.8 Å². The molecule has 0 saturated carbocycles. The summed E-state index contributed by atoms with van der Waals surface area (Å²) in [5, 5.41) is 3.88. The van der Waals surface area contributed by atoms with E-state index >= 15 is 0 Å². The molecule has 7 heteroatoms. The summed E-state index contributed by atoms with van der Waals surface area (Å²) in [6.07, 6.45) is 1.48. The Morgan fingerprint density at radius 1 is 1.23 bits per heavy atom. The molecular weight excluding hydrogens is 355 g/mol. The minimum atomic E-state index is -0.423. The highest BCUT2D eigenvalue weighted by Crippen LogP contribution is 2.36. The molecule has 0 saturated heterocycles. The Morgan fingerprint density at radius 3 is 2.64 bits per heavy atom. The third-order valence-electron chi connectivity index (χ3n) is 2.97. The van der Waals surface area contributed by atoms with E-state index in [1.807, 2.05) is 0 Å². The second kappa shape index (κ2) is 6.15. The predicted octanol–water partition coefficient (Wildman–Crippen LogP) is 3.08. The van der Waals surface area contributed by atoms with Gasteiger partial charge in [-0.1, -0.05) is 0 Å². The van der Waals surface area contributed by atoms with Crippen molar-refractivity contribution in [2.45, 2.75) is 0 Å². The zero-order valence-corrected chi connectivity index (χ0v) is 12.8. The van der Waals surface area contributed by atoms with Crippen LogP contribution in [-0.2, 0) is 0 Å². The van der Waals surface area contributed by atoms with Crippen molar-refractivity contribution >= 4 is 28.1 Å². The minimum Gasteiger partial charge on any atom is -0.454 e. The highest BCUT2D eigenvalue weighted by molar-refractivity contribution is 9.10. The molecule has 0 atom stereocenters. The smallest absolute Gasteiger partial charge is 0.271 e. The molecule has 1 aliphatic heterocycles. The lowest BCUT2D eigenvalue weighted by Crippen LogP contribution is -2.17. The van der Waals surface area contributed by atoms with Gasteiger partial charge in [0.25, 0.3) is 5.91 Å². The average Bonchev–Trinajstić information content (AvgIpc) is 2.95. The third-order valence-corrected chi connectivity index (χ3v) is 3.65. The Labute approximate surface area is 133 Å². The monoisotopic (exact) mass is 364 g/mol. The summed E-state index contributed by atoms with van der Waals surface area (Å²) in [6.45, 7) is 0.184. The largest absolute Gasteiger partial charge is 0.454 e. The first-order valence-electron chi connectivity index (χ1n) is 6.31. The van der Waals surface area contributed by atoms with E-state index in [0.717, 1.165) is 10.0 Å². The molecule has 5 nitrogen and oxygen atoms in total. The number of hydrazone groups is 1. The quantitative estimate of drug-likeness (QED) is 0.672. The fraction of sp³-hybridized carbons (Fsp3) is 0.0667. The average molecular weight is 365 g/mol. The zero-order valence-electron chi connectivity index (χ0n) is 11.2. The van der Waals surface area contributed by atoms with Crippen LogP contribution in [0.15, 0.2) is 46.0 Å². The molecule has 112 valence electrons. The number of hydrogen-bond donors (Lipinski definition) is 1. The number of amides is 1. The molecule has 2 aromatic carbocycles. The van der Waals surface area contributed by atoms with Gasteiger partial charge in [-0.25, -0.2) is 9.82 Å². The van der Waals surface area contributed by atoms with Gasteiger partial charge >= 0.3 is 0 Å². The molecule has 0 spiro atoms. The highest BCUT2D eigenvalue weighted by atomic mass is 79.9. The number of benzene rings is 2. The number of rotatable bonds is 3. The van der Waals surface area contributed by atoms with Crippen molar-refractivity contribution < 1.29 is 18.7 Å². The Bertz CT molecular complexity index is 747. The molecule has 3 rings (SSSR count). The fourth-order valence-electron chi connectivity index (χ4n) is 1.86. The molecular formula is C15H10BrFN2O3. The lowest BCUT2D eigenvalue weighted by molar-refractivity contribution is 0.0955. The summed E-state index contributed by atoms with van der Waals surface area (Å²) >= 11 is 3.39. The molecule has 1 aliphatic rings. The van der Waals surface area contributed by atoms with Crippen LogP contribution in [0.2, 0.25) is 0 Å². The van der Waals surface area contributed by atoms with E-state index in [0.29, 0.717) is 17.1 Å². The normalized spacial score (nSPS) is 12.6. The van der Waals surface area contributed by atoms with Crippen LogP contribution in [-0.4, -0.2) is 18.9 Å². The van der Waals surface area contributed by atoms with E-state index in [1.165, 1.54) is 30.5 Å². The summed E-state index contributed by atoms with van der Waals surface area (Å²) in [7, 11) is 0. The minimum absolute atomic E-state index is 0.184. The van der Waals surface area contributed by atoms with E-state index < -0.39 is 11.7 Å². The zero-order chi connectivity index (χ0) is 15.5. The Balaban J connectivity index is 1.70. The Hall–Kier alpha value is -2.41. The fourth-order valence-corrected chi connectivity index (χ4v) is 2.28. The van der Waals surface area contributed by atoms with Gasteiger partial charge in [-0.15, -0.1) is 0 Å². The molecule has 22 heavy (non-hydrogen) atoms. The summed E-state index contributed by atoms with van der Waals surface area (Å²) < 4.78 is 24.1. The number of hydrogen-bond acceptors (Lipinski definition) is 4. The van der Waals surface area contributed by atoms with E-state index in [4.69, 9.17) is 9.47 Å². The molecule has 0 aromatic heterocycles. The first kappa shape index (κ1) is 14.5. The molecule has 0 fully saturated rings. The van der Waals surface area contributed by atoms with Crippen molar-refractivity contribution in [3.8, 4) is 11.5 Å². The Morgan fingerprint density at radius 2 is 1.91 bits per heavy atom. The van der Waals surface area contributed by atoms with Crippen molar-refractivity contribution in [2.24, 2.45) is 5.10 Å². The van der Waals surface area contributed by atoms with Crippen LogP contribution in [0.25, 0.3) is 0 Å². The van der Waals surface area contributed by atoms with Gasteiger partial charge in [-0.2, -0.15) is 5.10 Å². The van der Waals surface area contributed by atoms with Gasteiger partial charge in [0.15, 0.2) is 11.5 Å². The van der Waals surface area contributed by atoms with Crippen molar-refractivity contribution in [1.29, 1.82) is 0 Å². The van der Waals surface area contributed by atoms with Crippen LogP contribution in [0.5, 0.6) is 11.5 Å². The van der Waals surface area contributed by atoms with Crippen molar-refractivity contribution in [1.82, 2.24) is 5.43 Å². The first-order chi connectivity index (χ1) is 10.6. The van der Waals surface area contributed by atoms with Crippen molar-refractivity contribution in [2.75, 3.05) is 6.79 Å². The lowest BCUT2D eigenvalue weighted by Gasteiger charge is -2.02. The van der Waals surface area contributed by atoms with Crippen LogP contribution in [0.4, 0.5) is 4.39 Å². The van der Waals surface area contributed by atoms with Crippen LogP contribution in [0.1, 0.15) is 15.9 Å². The second-order valence-corrected chi connectivity index (χ2v) is 5.29. The lowest BCUT2D eigenvalue weighted by atomic mass is 10.2. The van der Waals surface area contributed by atoms with Crippen LogP contribution in [0.3, 0.4) is 0 Å². The SMILES string of the molecule is O=C(N/N=C/c1cc2c(cc1Br)OCO2)c1ccc(F)cc1. The van der Waals surface area contributed by atoms with Gasteiger partial charge in [-0.05, 0) is 52.3 Å². The van der Waals surface area contributed by atoms with Gasteiger partial charge < -0.3 is 9.47 Å². The molecule has 0 aliphatic carbocycles. The highest BCUT2D eigenvalue weighted by Gasteiger charge is 2.15. The van der Waals surface area contributed by atoms with E-state index in [2.05, 4.69) is 26.5 Å². The molecule has 1 N–H and O–H groups in total. The number of nitrogens with one attached hydrogen (secondary N) is 1. The maximum atomic E-state index is 12.8. The predicted molar refractivity (Wildman–Crippen MR) is 81.7 cm³/mol. The first-order valence-corrected chi connectivity index (χ1v) is 7.11. The number of carbonyl (C=O) groups excluding carboxylic acids is 1. The maximum Gasteiger partial charge on any atom is 0.271 e. The standard InChI is InChI=1S/C15H10BrFN2O3/c16-12-6-14-13(21-8-22-14)5-10(12)7-18-19-15(20)9-1-3-11(17)4-2-9/h1-7H,8H2,(H,19,20)/b18-7+. The number of ether oxygens (including phenoxy) is 2. The topological polar surface area (TPSA) is 59.9 Å². The van der Waals surface area contributed by atoms with Gasteiger partial charge in [-0.3, -0.25) is 4.79 Å². The van der Waals surface area contributed by atoms with Crippen LogP contribution < -0.4 is 14.9 Å². The van der Waals surface area contributed by atoms with Gasteiger partial charge in [0, 0.05) is 15.6 Å². The molecule has 2 aromatic rings. The van der Waals surface area contributed by atoms with E-state index in [9.17, 15) is 9.18 Å². The summed E-state index contributed by atoms with van der Waals surface area (Å²) in [4.78, 5) is 11.8. The molecule has 1 heterocycles. The second-order valence-electron chi connectivity index (χ2n) is 4.43. The molecule has 0 bridgehead atoms. The maximum absolute atomic E-state index is 12.8.